The first-order valence-corrected chi connectivity index (χ1v) is 9.23. The molecule has 120 valence electrons. The molecule has 2 N–H and O–H groups in total. The second-order valence-corrected chi connectivity index (χ2v) is 7.37. The van der Waals surface area contributed by atoms with Crippen molar-refractivity contribution in [3.05, 3.63) is 60.2 Å². The molecular weight excluding hydrogens is 518 g/mol. The minimum atomic E-state index is -0.190. The van der Waals surface area contributed by atoms with Crippen molar-refractivity contribution in [1.29, 1.82) is 0 Å². The van der Waals surface area contributed by atoms with Gasteiger partial charge in [-0.3, -0.25) is 4.79 Å². The third-order valence-electron chi connectivity index (χ3n) is 3.25. The highest BCUT2D eigenvalue weighted by molar-refractivity contribution is 14.1. The van der Waals surface area contributed by atoms with Crippen LogP contribution >= 0.6 is 45.2 Å². The van der Waals surface area contributed by atoms with Crippen LogP contribution in [0.2, 0.25) is 0 Å². The van der Waals surface area contributed by atoms with Gasteiger partial charge in [-0.1, -0.05) is 31.2 Å². The van der Waals surface area contributed by atoms with E-state index in [0.717, 1.165) is 19.1 Å². The first kappa shape index (κ1) is 18.2. The van der Waals surface area contributed by atoms with Gasteiger partial charge in [-0.15, -0.1) is 0 Å². The van der Waals surface area contributed by atoms with Crippen LogP contribution in [0.5, 0.6) is 5.75 Å². The fourth-order valence-electron chi connectivity index (χ4n) is 1.98. The van der Waals surface area contributed by atoms with E-state index in [2.05, 4.69) is 62.6 Å². The van der Waals surface area contributed by atoms with E-state index < -0.39 is 0 Å². The van der Waals surface area contributed by atoms with E-state index in [9.17, 15) is 9.90 Å². The Morgan fingerprint density at radius 1 is 1.22 bits per heavy atom. The van der Waals surface area contributed by atoms with Crippen molar-refractivity contribution in [2.24, 2.45) is 5.10 Å². The van der Waals surface area contributed by atoms with E-state index in [1.54, 1.807) is 6.07 Å². The minimum absolute atomic E-state index is 0.166. The summed E-state index contributed by atoms with van der Waals surface area (Å²) in [6, 6.07) is 11.6. The van der Waals surface area contributed by atoms with Gasteiger partial charge in [-0.2, -0.15) is 5.10 Å². The van der Waals surface area contributed by atoms with Crippen LogP contribution in [0, 0.1) is 7.14 Å². The van der Waals surface area contributed by atoms with Crippen molar-refractivity contribution in [2.45, 2.75) is 19.8 Å². The van der Waals surface area contributed by atoms with E-state index in [4.69, 9.17) is 0 Å². The Labute approximate surface area is 162 Å². The number of nitrogens with one attached hydrogen (secondary N) is 1. The molecule has 0 saturated heterocycles. The molecule has 4 nitrogen and oxygen atoms in total. The molecule has 0 aliphatic heterocycles. The standard InChI is InChI=1S/C17H16I2N2O2/c1-2-11-3-5-12(6-4-11)7-16(22)21-20-10-13-8-14(18)9-15(19)17(13)23/h3-6,8-10,23H,2,7H2,1H3,(H,21,22)/b20-10+. The smallest absolute Gasteiger partial charge is 0.244 e. The number of phenolic OH excluding ortho intramolecular Hbond substituents is 1. The molecule has 1 amide bonds. The van der Waals surface area contributed by atoms with Crippen LogP contribution in [0.15, 0.2) is 41.5 Å². The van der Waals surface area contributed by atoms with Crippen LogP contribution in [-0.4, -0.2) is 17.2 Å². The van der Waals surface area contributed by atoms with Crippen LogP contribution in [0.3, 0.4) is 0 Å². The molecule has 0 unspecified atom stereocenters. The lowest BCUT2D eigenvalue weighted by atomic mass is 10.1. The number of amides is 1. The Morgan fingerprint density at radius 2 is 1.87 bits per heavy atom. The second-order valence-electron chi connectivity index (χ2n) is 4.97. The monoisotopic (exact) mass is 534 g/mol. The molecule has 0 atom stereocenters. The molecule has 0 radical (unpaired) electrons. The van der Waals surface area contributed by atoms with Crippen LogP contribution in [0.1, 0.15) is 23.6 Å². The highest BCUT2D eigenvalue weighted by Gasteiger charge is 2.06. The van der Waals surface area contributed by atoms with Gasteiger partial charge in [0.05, 0.1) is 16.2 Å². The lowest BCUT2D eigenvalue weighted by Crippen LogP contribution is -2.19. The van der Waals surface area contributed by atoms with Gasteiger partial charge in [0.2, 0.25) is 5.91 Å². The van der Waals surface area contributed by atoms with Crippen molar-refractivity contribution in [1.82, 2.24) is 5.43 Å². The molecule has 2 aromatic rings. The number of hydrogen-bond acceptors (Lipinski definition) is 3. The highest BCUT2D eigenvalue weighted by Crippen LogP contribution is 2.25. The fraction of sp³-hybridized carbons (Fsp3) is 0.176. The van der Waals surface area contributed by atoms with Crippen LogP contribution in [-0.2, 0) is 17.6 Å². The summed E-state index contributed by atoms with van der Waals surface area (Å²) in [5.41, 5.74) is 5.26. The van der Waals surface area contributed by atoms with E-state index >= 15 is 0 Å². The Morgan fingerprint density at radius 3 is 2.52 bits per heavy atom. The van der Waals surface area contributed by atoms with Crippen molar-refractivity contribution in [3.8, 4) is 5.75 Å². The number of benzene rings is 2. The van der Waals surface area contributed by atoms with Crippen molar-refractivity contribution < 1.29 is 9.90 Å². The largest absolute Gasteiger partial charge is 0.506 e. The zero-order valence-corrected chi connectivity index (χ0v) is 16.8. The molecule has 0 aliphatic carbocycles. The van der Waals surface area contributed by atoms with Crippen LogP contribution in [0.25, 0.3) is 0 Å². The normalized spacial score (nSPS) is 10.9. The maximum absolute atomic E-state index is 11.9. The number of phenols is 1. The SMILES string of the molecule is CCc1ccc(CC(=O)N/N=C/c2cc(I)cc(I)c2O)cc1. The summed E-state index contributed by atoms with van der Waals surface area (Å²) in [6.45, 7) is 2.10. The van der Waals surface area contributed by atoms with Crippen molar-refractivity contribution in [3.63, 3.8) is 0 Å². The van der Waals surface area contributed by atoms with E-state index in [0.29, 0.717) is 5.56 Å². The van der Waals surface area contributed by atoms with Gasteiger partial charge in [-0.25, -0.2) is 5.43 Å². The Kier molecular flexibility index (Phi) is 6.82. The predicted octanol–water partition coefficient (Wildman–Crippen LogP) is 3.86. The van der Waals surface area contributed by atoms with Crippen molar-refractivity contribution >= 4 is 57.3 Å². The quantitative estimate of drug-likeness (QED) is 0.348. The Balaban J connectivity index is 1.96. The number of aryl methyl sites for hydroxylation is 1. The summed E-state index contributed by atoms with van der Waals surface area (Å²) in [5.74, 6) is -0.0236. The summed E-state index contributed by atoms with van der Waals surface area (Å²) < 4.78 is 1.74. The number of carbonyl (C=O) groups excluding carboxylic acids is 1. The number of aromatic hydroxyl groups is 1. The van der Waals surface area contributed by atoms with Crippen LogP contribution < -0.4 is 5.43 Å². The summed E-state index contributed by atoms with van der Waals surface area (Å²) >= 11 is 4.23. The van der Waals surface area contributed by atoms with E-state index in [1.807, 2.05) is 30.3 Å². The third-order valence-corrected chi connectivity index (χ3v) is 4.69. The summed E-state index contributed by atoms with van der Waals surface area (Å²) in [7, 11) is 0. The van der Waals surface area contributed by atoms with Gasteiger partial charge >= 0.3 is 0 Å². The van der Waals surface area contributed by atoms with Gasteiger partial charge in [-0.05, 0) is 74.9 Å². The lowest BCUT2D eigenvalue weighted by molar-refractivity contribution is -0.120. The Bertz CT molecular complexity index is 728. The van der Waals surface area contributed by atoms with Gasteiger partial charge < -0.3 is 5.11 Å². The molecule has 0 bridgehead atoms. The number of rotatable bonds is 5. The number of hydrogen-bond donors (Lipinski definition) is 2. The molecule has 2 rings (SSSR count). The van der Waals surface area contributed by atoms with E-state index in [-0.39, 0.29) is 18.1 Å². The molecule has 2 aromatic carbocycles. The number of hydrazone groups is 1. The van der Waals surface area contributed by atoms with Crippen molar-refractivity contribution in [2.75, 3.05) is 0 Å². The van der Waals surface area contributed by atoms with Gasteiger partial charge in [0.15, 0.2) is 0 Å². The number of halogens is 2. The molecule has 0 saturated carbocycles. The molecule has 6 heteroatoms. The first-order chi connectivity index (χ1) is 11.0. The molecule has 0 fully saturated rings. The number of carbonyl (C=O) groups is 1. The first-order valence-electron chi connectivity index (χ1n) is 7.07. The topological polar surface area (TPSA) is 61.7 Å². The van der Waals surface area contributed by atoms with Crippen LogP contribution in [0.4, 0.5) is 0 Å². The molecule has 0 aliphatic rings. The molecule has 23 heavy (non-hydrogen) atoms. The lowest BCUT2D eigenvalue weighted by Gasteiger charge is -2.04. The number of nitrogens with zero attached hydrogens (tertiary/aromatic N) is 1. The molecule has 0 aromatic heterocycles. The predicted molar refractivity (Wildman–Crippen MR) is 109 cm³/mol. The average molecular weight is 534 g/mol. The highest BCUT2D eigenvalue weighted by atomic mass is 127. The summed E-state index contributed by atoms with van der Waals surface area (Å²) in [5, 5.41) is 13.9. The second kappa shape index (κ2) is 8.62. The maximum atomic E-state index is 11.9. The van der Waals surface area contributed by atoms with Gasteiger partial charge in [0.1, 0.15) is 5.75 Å². The van der Waals surface area contributed by atoms with Gasteiger partial charge in [0, 0.05) is 9.13 Å². The maximum Gasteiger partial charge on any atom is 0.244 e. The zero-order chi connectivity index (χ0) is 16.8. The average Bonchev–Trinajstić information content (AvgIpc) is 2.52. The third kappa shape index (κ3) is 5.45. The van der Waals surface area contributed by atoms with E-state index in [1.165, 1.54) is 11.8 Å². The zero-order valence-electron chi connectivity index (χ0n) is 12.5. The van der Waals surface area contributed by atoms with Gasteiger partial charge in [0.25, 0.3) is 0 Å². The summed E-state index contributed by atoms with van der Waals surface area (Å²) in [4.78, 5) is 11.9. The molecular formula is C17H16I2N2O2. The molecule has 0 heterocycles. The minimum Gasteiger partial charge on any atom is -0.506 e. The fourth-order valence-corrected chi connectivity index (χ4v) is 3.87. The molecule has 0 spiro atoms. The Hall–Kier alpha value is -1.16. The summed E-state index contributed by atoms with van der Waals surface area (Å²) in [6.07, 6.45) is 2.71.